The second-order valence-corrected chi connectivity index (χ2v) is 6.31. The van der Waals surface area contributed by atoms with E-state index in [-0.39, 0.29) is 5.82 Å². The number of rotatable bonds is 3. The van der Waals surface area contributed by atoms with E-state index in [1.807, 2.05) is 12.1 Å². The Kier molecular flexibility index (Phi) is 4.04. The maximum atomic E-state index is 13.4. The molecule has 2 atom stereocenters. The molecule has 1 heterocycles. The smallest absolute Gasteiger partial charge is 0.123 e. The van der Waals surface area contributed by atoms with E-state index in [0.717, 1.165) is 18.5 Å². The predicted octanol–water partition coefficient (Wildman–Crippen LogP) is 5.91. The third-order valence-corrected chi connectivity index (χ3v) is 4.88. The molecule has 1 fully saturated rings. The lowest BCUT2D eigenvalue weighted by atomic mass is 10.0. The van der Waals surface area contributed by atoms with Crippen LogP contribution in [0.4, 0.5) is 10.1 Å². The molecule has 3 aromatic rings. The van der Waals surface area contributed by atoms with Crippen LogP contribution in [0.15, 0.2) is 84.9 Å². The Morgan fingerprint density at radius 2 is 1.08 bits per heavy atom. The van der Waals surface area contributed by atoms with E-state index in [0.29, 0.717) is 12.1 Å². The van der Waals surface area contributed by atoms with Crippen LogP contribution in [0.5, 0.6) is 0 Å². The Bertz CT molecular complexity index is 736. The van der Waals surface area contributed by atoms with Crippen LogP contribution in [0.3, 0.4) is 0 Å². The largest absolute Gasteiger partial charge is 0.357 e. The topological polar surface area (TPSA) is 3.24 Å². The molecule has 0 bridgehead atoms. The van der Waals surface area contributed by atoms with Gasteiger partial charge in [-0.1, -0.05) is 60.7 Å². The monoisotopic (exact) mass is 317 g/mol. The first-order valence-corrected chi connectivity index (χ1v) is 8.47. The molecule has 0 radical (unpaired) electrons. The summed E-state index contributed by atoms with van der Waals surface area (Å²) in [6, 6.07) is 28.8. The van der Waals surface area contributed by atoms with Gasteiger partial charge in [0.05, 0.1) is 12.1 Å². The fourth-order valence-corrected chi connectivity index (χ4v) is 3.79. The molecule has 1 saturated heterocycles. The van der Waals surface area contributed by atoms with Crippen molar-refractivity contribution in [1.29, 1.82) is 0 Å². The maximum absolute atomic E-state index is 13.4. The van der Waals surface area contributed by atoms with Gasteiger partial charge in [-0.25, -0.2) is 4.39 Å². The first-order chi connectivity index (χ1) is 11.8. The normalized spacial score (nSPS) is 20.3. The van der Waals surface area contributed by atoms with E-state index in [1.165, 1.54) is 11.1 Å². The van der Waals surface area contributed by atoms with Gasteiger partial charge >= 0.3 is 0 Å². The number of benzene rings is 3. The highest BCUT2D eigenvalue weighted by Crippen LogP contribution is 2.46. The summed E-state index contributed by atoms with van der Waals surface area (Å²) in [5, 5.41) is 0. The zero-order valence-electron chi connectivity index (χ0n) is 13.5. The minimum absolute atomic E-state index is 0.189. The standard InChI is InChI=1S/C22H20FN/c23-19-11-13-20(14-12-19)24-21(17-7-3-1-4-8-17)15-16-22(24)18-9-5-2-6-10-18/h1-14,21-22H,15-16H2. The molecule has 0 aromatic heterocycles. The lowest BCUT2D eigenvalue weighted by molar-refractivity contribution is 0.625. The lowest BCUT2D eigenvalue weighted by Crippen LogP contribution is -2.26. The molecule has 4 rings (SSSR count). The number of halogens is 1. The quantitative estimate of drug-likeness (QED) is 0.580. The average molecular weight is 317 g/mol. The van der Waals surface area contributed by atoms with E-state index in [9.17, 15) is 4.39 Å². The van der Waals surface area contributed by atoms with Crippen molar-refractivity contribution in [2.24, 2.45) is 0 Å². The van der Waals surface area contributed by atoms with Crippen LogP contribution < -0.4 is 4.90 Å². The van der Waals surface area contributed by atoms with Crippen molar-refractivity contribution in [2.75, 3.05) is 4.90 Å². The Balaban J connectivity index is 1.77. The number of anilines is 1. The van der Waals surface area contributed by atoms with Crippen LogP contribution in [0.25, 0.3) is 0 Å². The molecule has 0 saturated carbocycles. The van der Waals surface area contributed by atoms with Crippen molar-refractivity contribution >= 4 is 5.69 Å². The van der Waals surface area contributed by atoms with Crippen molar-refractivity contribution in [3.8, 4) is 0 Å². The van der Waals surface area contributed by atoms with Gasteiger partial charge in [0.1, 0.15) is 5.82 Å². The Morgan fingerprint density at radius 1 is 0.625 bits per heavy atom. The SMILES string of the molecule is Fc1ccc(N2C(c3ccccc3)CCC2c2ccccc2)cc1. The average Bonchev–Trinajstić information content (AvgIpc) is 3.09. The van der Waals surface area contributed by atoms with Crippen molar-refractivity contribution in [3.63, 3.8) is 0 Å². The number of nitrogens with zero attached hydrogens (tertiary/aromatic N) is 1. The van der Waals surface area contributed by atoms with Gasteiger partial charge in [0.2, 0.25) is 0 Å². The summed E-state index contributed by atoms with van der Waals surface area (Å²) in [5.74, 6) is -0.189. The van der Waals surface area contributed by atoms with Gasteiger partial charge in [0.15, 0.2) is 0 Å². The van der Waals surface area contributed by atoms with Gasteiger partial charge in [-0.3, -0.25) is 0 Å². The van der Waals surface area contributed by atoms with E-state index in [1.54, 1.807) is 12.1 Å². The summed E-state index contributed by atoms with van der Waals surface area (Å²) in [6.45, 7) is 0. The van der Waals surface area contributed by atoms with E-state index in [2.05, 4.69) is 65.6 Å². The van der Waals surface area contributed by atoms with Crippen LogP contribution in [-0.2, 0) is 0 Å². The molecule has 1 aliphatic rings. The molecular formula is C22H20FN. The fourth-order valence-electron chi connectivity index (χ4n) is 3.79. The molecule has 2 unspecified atom stereocenters. The maximum Gasteiger partial charge on any atom is 0.123 e. The van der Waals surface area contributed by atoms with Gasteiger partial charge in [-0.2, -0.15) is 0 Å². The molecule has 0 N–H and O–H groups in total. The molecule has 0 amide bonds. The highest BCUT2D eigenvalue weighted by molar-refractivity contribution is 5.53. The van der Waals surface area contributed by atoms with E-state index < -0.39 is 0 Å². The summed E-state index contributed by atoms with van der Waals surface area (Å²) in [7, 11) is 0. The van der Waals surface area contributed by atoms with Gasteiger partial charge in [0.25, 0.3) is 0 Å². The molecule has 0 spiro atoms. The highest BCUT2D eigenvalue weighted by Gasteiger charge is 2.35. The van der Waals surface area contributed by atoms with E-state index in [4.69, 9.17) is 0 Å². The van der Waals surface area contributed by atoms with Gasteiger partial charge in [-0.15, -0.1) is 0 Å². The fraction of sp³-hybridized carbons (Fsp3) is 0.182. The Hall–Kier alpha value is -2.61. The minimum atomic E-state index is -0.189. The predicted molar refractivity (Wildman–Crippen MR) is 96.5 cm³/mol. The second-order valence-electron chi connectivity index (χ2n) is 6.31. The third-order valence-electron chi connectivity index (χ3n) is 4.88. The molecule has 1 nitrogen and oxygen atoms in total. The van der Waals surface area contributed by atoms with Crippen molar-refractivity contribution < 1.29 is 4.39 Å². The van der Waals surface area contributed by atoms with Gasteiger partial charge in [-0.05, 0) is 48.2 Å². The highest BCUT2D eigenvalue weighted by atomic mass is 19.1. The number of hydrogen-bond donors (Lipinski definition) is 0. The molecule has 120 valence electrons. The van der Waals surface area contributed by atoms with Gasteiger partial charge < -0.3 is 4.90 Å². The Morgan fingerprint density at radius 3 is 1.54 bits per heavy atom. The van der Waals surface area contributed by atoms with Crippen LogP contribution in [0, 0.1) is 5.82 Å². The van der Waals surface area contributed by atoms with Crippen molar-refractivity contribution in [1.82, 2.24) is 0 Å². The van der Waals surface area contributed by atoms with Crippen LogP contribution >= 0.6 is 0 Å². The van der Waals surface area contributed by atoms with Crippen LogP contribution in [0.1, 0.15) is 36.1 Å². The minimum Gasteiger partial charge on any atom is -0.357 e. The third kappa shape index (κ3) is 2.80. The Labute approximate surface area is 142 Å². The van der Waals surface area contributed by atoms with Crippen LogP contribution in [-0.4, -0.2) is 0 Å². The zero-order chi connectivity index (χ0) is 16.4. The van der Waals surface area contributed by atoms with Gasteiger partial charge in [0, 0.05) is 5.69 Å². The lowest BCUT2D eigenvalue weighted by Gasteiger charge is -2.33. The summed E-state index contributed by atoms with van der Waals surface area (Å²) in [5.41, 5.74) is 3.72. The molecule has 3 aromatic carbocycles. The van der Waals surface area contributed by atoms with Crippen LogP contribution in [0.2, 0.25) is 0 Å². The first-order valence-electron chi connectivity index (χ1n) is 8.47. The molecule has 0 aliphatic carbocycles. The summed E-state index contributed by atoms with van der Waals surface area (Å²) < 4.78 is 13.4. The summed E-state index contributed by atoms with van der Waals surface area (Å²) in [6.07, 6.45) is 2.20. The van der Waals surface area contributed by atoms with Crippen molar-refractivity contribution in [2.45, 2.75) is 24.9 Å². The van der Waals surface area contributed by atoms with Crippen molar-refractivity contribution in [3.05, 3.63) is 102 Å². The number of hydrogen-bond acceptors (Lipinski definition) is 1. The van der Waals surface area contributed by atoms with E-state index >= 15 is 0 Å². The first kappa shape index (κ1) is 14.9. The second kappa shape index (κ2) is 6.48. The molecule has 2 heteroatoms. The molecule has 24 heavy (non-hydrogen) atoms. The molecule has 1 aliphatic heterocycles. The summed E-state index contributed by atoms with van der Waals surface area (Å²) in [4.78, 5) is 2.45. The molecular weight excluding hydrogens is 297 g/mol. The zero-order valence-corrected chi connectivity index (χ0v) is 13.5. The summed E-state index contributed by atoms with van der Waals surface area (Å²) >= 11 is 0.